The minimum Gasteiger partial charge on any atom is -1.00 e. The van der Waals surface area contributed by atoms with Gasteiger partial charge in [-0.2, -0.15) is 93.0 Å². The van der Waals surface area contributed by atoms with Crippen molar-refractivity contribution in [2.24, 2.45) is 0 Å². The SMILES string of the molecule is C[Si](C)=[Hf+2].C[Si](C)=[Hf+2].[Cl-].[Cl-].c1cc2c([cH-]1)CCCC2.c1cc2c([cH-]1)CCCC2.c1cc2c([cH-]1)CCCC2.c1cc2c([cH-]1)CCCC2. The molecule has 0 atom stereocenters. The van der Waals surface area contributed by atoms with Crippen LogP contribution < -0.4 is 24.8 Å². The van der Waals surface area contributed by atoms with Gasteiger partial charge in [-0.25, -0.2) is 24.3 Å². The molecule has 4 aliphatic carbocycles. The van der Waals surface area contributed by atoms with E-state index in [1.807, 2.05) is 0 Å². The maximum atomic E-state index is 2.33. The van der Waals surface area contributed by atoms with Crippen molar-refractivity contribution in [3.8, 4) is 0 Å². The van der Waals surface area contributed by atoms with Crippen LogP contribution in [0.4, 0.5) is 0 Å². The van der Waals surface area contributed by atoms with Crippen LogP contribution in [0, 0.1) is 0 Å². The van der Waals surface area contributed by atoms with Crippen molar-refractivity contribution in [2.45, 2.75) is 129 Å². The van der Waals surface area contributed by atoms with Crippen LogP contribution in [-0.2, 0) is 97.4 Å². The molecule has 0 spiro atoms. The Morgan fingerprint density at radius 2 is 0.565 bits per heavy atom. The van der Waals surface area contributed by atoms with Crippen LogP contribution >= 0.6 is 0 Å². The first-order chi connectivity index (χ1) is 21.3. The summed E-state index contributed by atoms with van der Waals surface area (Å²) >= 11 is 2.90. The Bertz CT molecular complexity index is 1090. The number of rotatable bonds is 0. The third-order valence-electron chi connectivity index (χ3n) is 8.60. The summed E-state index contributed by atoms with van der Waals surface area (Å²) in [5.41, 5.74) is 13.3. The van der Waals surface area contributed by atoms with Crippen molar-refractivity contribution in [3.63, 3.8) is 0 Å². The zero-order valence-electron chi connectivity index (χ0n) is 29.0. The van der Waals surface area contributed by atoms with Gasteiger partial charge in [0.25, 0.3) is 0 Å². The van der Waals surface area contributed by atoms with E-state index < -0.39 is 0 Å². The molecule has 6 heteroatoms. The van der Waals surface area contributed by atoms with Crippen LogP contribution in [0.3, 0.4) is 0 Å². The first kappa shape index (κ1) is 44.2. The topological polar surface area (TPSA) is 0 Å². The number of aryl methyl sites for hydroxylation is 8. The van der Waals surface area contributed by atoms with Gasteiger partial charge in [-0.1, -0.05) is 103 Å². The molecule has 46 heavy (non-hydrogen) atoms. The molecule has 0 aromatic heterocycles. The zero-order valence-corrected chi connectivity index (χ0v) is 39.7. The molecule has 0 unspecified atom stereocenters. The smallest absolute Gasteiger partial charge is 0.0512 e. The molecule has 0 heterocycles. The van der Waals surface area contributed by atoms with E-state index in [1.165, 1.54) is 149 Å². The minimum absolute atomic E-state index is 0. The molecule has 0 fully saturated rings. The fourth-order valence-corrected chi connectivity index (χ4v) is 6.45. The average Bonchev–Trinajstić information content (AvgIpc) is 3.84. The standard InChI is InChI=1S/4C9H11.2C2H6Si.2ClH.2Hf/c4*1-2-5-9-7-3-6-8(9)4-1;2*1-3-2;;;;/h4*3,6-7H,1-2,4-5H2;2*1-2H3;2*1H;;/q4*-1;;;;;2*+2/p-2. The summed E-state index contributed by atoms with van der Waals surface area (Å²) in [5.74, 6) is 0. The van der Waals surface area contributed by atoms with Crippen LogP contribution in [0.5, 0.6) is 0 Å². The van der Waals surface area contributed by atoms with Gasteiger partial charge >= 0.3 is 83.2 Å². The van der Waals surface area contributed by atoms with Gasteiger partial charge in [-0.05, 0) is 0 Å². The molecular weight excluding hydrogens is 964 g/mol. The number of hydrogen-bond donors (Lipinski definition) is 0. The third-order valence-corrected chi connectivity index (χ3v) is 8.60. The van der Waals surface area contributed by atoms with Gasteiger partial charge in [0.05, 0.1) is 0 Å². The molecule has 0 radical (unpaired) electrons. The maximum absolute atomic E-state index is 2.33. The van der Waals surface area contributed by atoms with Crippen LogP contribution in [0.25, 0.3) is 0 Å². The van der Waals surface area contributed by atoms with Gasteiger partial charge in [0.2, 0.25) is 0 Å². The van der Waals surface area contributed by atoms with Crippen LogP contribution in [0.2, 0.25) is 26.2 Å². The van der Waals surface area contributed by atoms with E-state index in [0.29, 0.717) is 0 Å². The second kappa shape index (κ2) is 26.0. The summed E-state index contributed by atoms with van der Waals surface area (Å²) < 4.78 is 0. The summed E-state index contributed by atoms with van der Waals surface area (Å²) in [6.07, 6.45) is 21.8. The number of hydrogen-bond acceptors (Lipinski definition) is 0. The van der Waals surface area contributed by atoms with Gasteiger partial charge in [0.15, 0.2) is 0 Å². The number of halogens is 2. The van der Waals surface area contributed by atoms with E-state index in [9.17, 15) is 0 Å². The second-order valence-electron chi connectivity index (χ2n) is 13.1. The Morgan fingerprint density at radius 3 is 0.739 bits per heavy atom. The second-order valence-corrected chi connectivity index (χ2v) is 38.7. The van der Waals surface area contributed by atoms with Gasteiger partial charge in [-0.3, -0.25) is 0 Å². The Hall–Kier alpha value is 0.154. The molecule has 0 saturated heterocycles. The Kier molecular flexibility index (Phi) is 25.0. The van der Waals surface area contributed by atoms with E-state index in [1.54, 1.807) is 44.5 Å². The van der Waals surface area contributed by atoms with Crippen molar-refractivity contribution in [1.29, 1.82) is 0 Å². The van der Waals surface area contributed by atoms with E-state index in [-0.39, 0.29) is 35.8 Å². The average molecular weight is 1020 g/mol. The first-order valence-corrected chi connectivity index (χ1v) is 33.1. The normalized spacial score (nSPS) is 14.8. The molecule has 4 aromatic carbocycles. The van der Waals surface area contributed by atoms with E-state index in [0.717, 1.165) is 0 Å². The monoisotopic (exact) mass is 1020 g/mol. The summed E-state index contributed by atoms with van der Waals surface area (Å²) in [6, 6.07) is 26.8. The number of fused-ring (bicyclic) bond motifs is 4. The molecule has 8 rings (SSSR count). The summed E-state index contributed by atoms with van der Waals surface area (Å²) in [4.78, 5) is 0. The molecule has 0 nitrogen and oxygen atoms in total. The summed E-state index contributed by atoms with van der Waals surface area (Å²) in [7, 11) is 0. The predicted octanol–water partition coefficient (Wildman–Crippen LogP) is 4.71. The molecule has 4 aromatic rings. The Morgan fingerprint density at radius 1 is 0.391 bits per heavy atom. The van der Waals surface area contributed by atoms with Gasteiger partial charge < -0.3 is 24.8 Å². The fraction of sp³-hybridized carbons (Fsp3) is 0.500. The van der Waals surface area contributed by atoms with Crippen molar-refractivity contribution in [2.75, 3.05) is 0 Å². The largest absolute Gasteiger partial charge is 1.00 e. The van der Waals surface area contributed by atoms with Crippen LogP contribution in [-0.4, -0.2) is 11.0 Å². The molecule has 4 aliphatic rings. The summed E-state index contributed by atoms with van der Waals surface area (Å²) in [5, 5.41) is 0. The van der Waals surface area contributed by atoms with E-state index in [4.69, 9.17) is 0 Å². The predicted molar refractivity (Wildman–Crippen MR) is 190 cm³/mol. The maximum Gasteiger partial charge on any atom is -0.0512 e. The quantitative estimate of drug-likeness (QED) is 0.177. The van der Waals surface area contributed by atoms with Crippen LogP contribution in [0.15, 0.2) is 72.8 Å². The van der Waals surface area contributed by atoms with Crippen molar-refractivity contribution < 1.29 is 70.8 Å². The van der Waals surface area contributed by atoms with Gasteiger partial charge in [0, 0.05) is 0 Å². The first-order valence-electron chi connectivity index (χ1n) is 17.3. The van der Waals surface area contributed by atoms with E-state index >= 15 is 0 Å². The van der Waals surface area contributed by atoms with Gasteiger partial charge in [0.1, 0.15) is 0 Å². The molecule has 248 valence electrons. The van der Waals surface area contributed by atoms with Crippen molar-refractivity contribution in [1.82, 2.24) is 0 Å². The summed E-state index contributed by atoms with van der Waals surface area (Å²) in [6.45, 7) is 9.32. The fourth-order valence-electron chi connectivity index (χ4n) is 6.45. The molecular formula is C40H56Cl2Hf2Si2-2. The molecule has 0 bridgehead atoms. The molecule has 0 amide bonds. The Labute approximate surface area is 324 Å². The minimum atomic E-state index is 0. The molecule has 0 N–H and O–H groups in total. The zero-order chi connectivity index (χ0) is 31.6. The Balaban J connectivity index is 0.000000282. The van der Waals surface area contributed by atoms with E-state index in [2.05, 4.69) is 99.0 Å². The third kappa shape index (κ3) is 17.7. The van der Waals surface area contributed by atoms with Crippen LogP contribution in [0.1, 0.15) is 95.9 Å². The molecule has 0 saturated carbocycles. The molecule has 0 aliphatic heterocycles. The van der Waals surface area contributed by atoms with Crippen molar-refractivity contribution in [3.05, 3.63) is 117 Å². The van der Waals surface area contributed by atoms with Crippen molar-refractivity contribution >= 4 is 11.0 Å². The van der Waals surface area contributed by atoms with Gasteiger partial charge in [-0.15, -0.1) is 0 Å².